The lowest BCUT2D eigenvalue weighted by molar-refractivity contribution is 0.0951. The Morgan fingerprint density at radius 3 is 2.68 bits per heavy atom. The Labute approximate surface area is 161 Å². The quantitative estimate of drug-likeness (QED) is 0.528. The molecule has 1 amide bonds. The molecule has 9 nitrogen and oxygen atoms in total. The van der Waals surface area contributed by atoms with E-state index in [-0.39, 0.29) is 5.91 Å². The Bertz CT molecular complexity index is 1120. The van der Waals surface area contributed by atoms with E-state index in [2.05, 4.69) is 31.1 Å². The number of tetrazole rings is 1. The molecule has 2 heterocycles. The Kier molecular flexibility index (Phi) is 4.81. The van der Waals surface area contributed by atoms with Crippen LogP contribution >= 0.6 is 0 Å². The molecule has 0 spiro atoms. The lowest BCUT2D eigenvalue weighted by Gasteiger charge is -2.11. The number of benzene rings is 2. The molecular weight excluding hydrogens is 356 g/mol. The minimum absolute atomic E-state index is 0.0960. The molecule has 2 aromatic carbocycles. The van der Waals surface area contributed by atoms with E-state index < -0.39 is 0 Å². The van der Waals surface area contributed by atoms with E-state index in [4.69, 9.17) is 0 Å². The number of likely N-dealkylation sites (N-methyl/N-ethyl adjacent to an activating group) is 1. The number of nitrogens with zero attached hydrogens (tertiary/aromatic N) is 6. The molecule has 4 aromatic rings. The number of aromatic nitrogens is 5. The average Bonchev–Trinajstić information content (AvgIpc) is 3.19. The number of amides is 1. The molecule has 0 saturated carbocycles. The molecular formula is C19H20N8O. The van der Waals surface area contributed by atoms with E-state index in [0.717, 1.165) is 23.3 Å². The zero-order valence-corrected chi connectivity index (χ0v) is 15.6. The Morgan fingerprint density at radius 1 is 1.11 bits per heavy atom. The van der Waals surface area contributed by atoms with Gasteiger partial charge in [-0.3, -0.25) is 4.79 Å². The second kappa shape index (κ2) is 7.57. The van der Waals surface area contributed by atoms with Crippen molar-refractivity contribution in [2.24, 2.45) is 0 Å². The predicted molar refractivity (Wildman–Crippen MR) is 107 cm³/mol. The van der Waals surface area contributed by atoms with Crippen LogP contribution in [0.3, 0.4) is 0 Å². The van der Waals surface area contributed by atoms with Crippen molar-refractivity contribution in [2.75, 3.05) is 32.5 Å². The third-order valence-corrected chi connectivity index (χ3v) is 4.28. The van der Waals surface area contributed by atoms with Crippen molar-refractivity contribution in [1.29, 1.82) is 0 Å². The number of rotatable bonds is 6. The van der Waals surface area contributed by atoms with E-state index in [1.54, 1.807) is 16.6 Å². The molecule has 0 unspecified atom stereocenters. The third-order valence-electron chi connectivity index (χ3n) is 4.28. The molecule has 0 aliphatic rings. The lowest BCUT2D eigenvalue weighted by Crippen LogP contribution is -2.31. The van der Waals surface area contributed by atoms with Gasteiger partial charge < -0.3 is 15.5 Å². The molecule has 0 aliphatic carbocycles. The summed E-state index contributed by atoms with van der Waals surface area (Å²) in [5, 5.41) is 18.0. The summed E-state index contributed by atoms with van der Waals surface area (Å²) in [6, 6.07) is 14.9. The molecule has 2 aromatic heterocycles. The number of hydrogen-bond acceptors (Lipinski definition) is 7. The summed E-state index contributed by atoms with van der Waals surface area (Å²) in [6.07, 6.45) is 0. The van der Waals surface area contributed by atoms with Crippen LogP contribution in [0.4, 0.5) is 11.5 Å². The number of carbonyl (C=O) groups excluding carboxylic acids is 1. The van der Waals surface area contributed by atoms with E-state index in [0.29, 0.717) is 23.6 Å². The van der Waals surface area contributed by atoms with Gasteiger partial charge in [-0.1, -0.05) is 12.1 Å². The van der Waals surface area contributed by atoms with Crippen molar-refractivity contribution >= 4 is 34.1 Å². The minimum atomic E-state index is -0.0960. The second-order valence-corrected chi connectivity index (χ2v) is 6.62. The zero-order valence-electron chi connectivity index (χ0n) is 15.6. The lowest BCUT2D eigenvalue weighted by atomic mass is 10.2. The highest BCUT2D eigenvalue weighted by Gasteiger charge is 2.12. The maximum Gasteiger partial charge on any atom is 0.251 e. The monoisotopic (exact) mass is 376 g/mol. The van der Waals surface area contributed by atoms with Gasteiger partial charge in [0.1, 0.15) is 0 Å². The molecule has 0 fully saturated rings. The largest absolute Gasteiger partial charge is 0.351 e. The van der Waals surface area contributed by atoms with Crippen molar-refractivity contribution in [3.05, 3.63) is 54.1 Å². The first-order chi connectivity index (χ1) is 13.6. The van der Waals surface area contributed by atoms with Gasteiger partial charge in [-0.15, -0.1) is 5.10 Å². The molecule has 2 N–H and O–H groups in total. The van der Waals surface area contributed by atoms with Gasteiger partial charge in [0.2, 0.25) is 5.65 Å². The highest BCUT2D eigenvalue weighted by molar-refractivity contribution is 5.94. The molecule has 28 heavy (non-hydrogen) atoms. The Balaban J connectivity index is 1.54. The third kappa shape index (κ3) is 3.60. The van der Waals surface area contributed by atoms with Gasteiger partial charge in [-0.25, -0.2) is 4.98 Å². The van der Waals surface area contributed by atoms with Crippen molar-refractivity contribution in [3.8, 4) is 0 Å². The minimum Gasteiger partial charge on any atom is -0.351 e. The van der Waals surface area contributed by atoms with Crippen molar-refractivity contribution < 1.29 is 4.79 Å². The van der Waals surface area contributed by atoms with Crippen molar-refractivity contribution in [1.82, 2.24) is 35.2 Å². The number of carbonyl (C=O) groups is 1. The molecule has 0 atom stereocenters. The summed E-state index contributed by atoms with van der Waals surface area (Å²) in [5.74, 6) is 0.452. The zero-order chi connectivity index (χ0) is 19.5. The van der Waals surface area contributed by atoms with Crippen LogP contribution < -0.4 is 10.6 Å². The van der Waals surface area contributed by atoms with Crippen LogP contribution in [0.1, 0.15) is 10.4 Å². The summed E-state index contributed by atoms with van der Waals surface area (Å²) in [5.41, 5.74) is 3.53. The van der Waals surface area contributed by atoms with Crippen LogP contribution in [0.5, 0.6) is 0 Å². The first-order valence-electron chi connectivity index (χ1n) is 8.89. The Hall–Kier alpha value is -3.59. The fourth-order valence-corrected chi connectivity index (χ4v) is 2.83. The molecule has 4 rings (SSSR count). The normalized spacial score (nSPS) is 11.2. The topological polar surface area (TPSA) is 100 Å². The fraction of sp³-hybridized carbons (Fsp3) is 0.211. The molecule has 0 aliphatic heterocycles. The maximum atomic E-state index is 12.2. The van der Waals surface area contributed by atoms with Gasteiger partial charge in [0.25, 0.3) is 5.91 Å². The van der Waals surface area contributed by atoms with Crippen LogP contribution in [0.2, 0.25) is 0 Å². The van der Waals surface area contributed by atoms with Crippen LogP contribution in [0, 0.1) is 0 Å². The van der Waals surface area contributed by atoms with Crippen molar-refractivity contribution in [3.63, 3.8) is 0 Å². The van der Waals surface area contributed by atoms with Crippen LogP contribution in [0.25, 0.3) is 16.7 Å². The molecule has 0 saturated heterocycles. The van der Waals surface area contributed by atoms with Crippen LogP contribution in [-0.2, 0) is 0 Å². The first-order valence-corrected chi connectivity index (χ1v) is 8.89. The van der Waals surface area contributed by atoms with Crippen LogP contribution in [-0.4, -0.2) is 63.0 Å². The van der Waals surface area contributed by atoms with E-state index in [1.807, 2.05) is 55.4 Å². The standard InChI is InChI=1S/C19H20N8O/c1-26(2)12-11-20-19(28)13-7-9-14(10-8-13)21-17-18-23-24-25-27(18)16-6-4-3-5-15(16)22-17/h3-10H,11-12H2,1-2H3,(H,20,28)(H,21,22). The highest BCUT2D eigenvalue weighted by atomic mass is 16.1. The van der Waals surface area contributed by atoms with E-state index >= 15 is 0 Å². The summed E-state index contributed by atoms with van der Waals surface area (Å²) in [7, 11) is 3.94. The van der Waals surface area contributed by atoms with E-state index in [9.17, 15) is 4.79 Å². The molecule has 0 bridgehead atoms. The maximum absolute atomic E-state index is 12.2. The summed E-state index contributed by atoms with van der Waals surface area (Å²) in [6.45, 7) is 1.39. The molecule has 142 valence electrons. The first kappa shape index (κ1) is 17.8. The number of hydrogen-bond donors (Lipinski definition) is 2. The van der Waals surface area contributed by atoms with Gasteiger partial charge >= 0.3 is 0 Å². The summed E-state index contributed by atoms with van der Waals surface area (Å²) < 4.78 is 1.65. The number of para-hydroxylation sites is 2. The molecule has 9 heteroatoms. The number of fused-ring (bicyclic) bond motifs is 3. The highest BCUT2D eigenvalue weighted by Crippen LogP contribution is 2.22. The number of nitrogens with one attached hydrogen (secondary N) is 2. The van der Waals surface area contributed by atoms with Crippen LogP contribution in [0.15, 0.2) is 48.5 Å². The second-order valence-electron chi connectivity index (χ2n) is 6.62. The fourth-order valence-electron chi connectivity index (χ4n) is 2.83. The van der Waals surface area contributed by atoms with Crippen molar-refractivity contribution in [2.45, 2.75) is 0 Å². The van der Waals surface area contributed by atoms with E-state index in [1.165, 1.54) is 0 Å². The Morgan fingerprint density at radius 2 is 1.89 bits per heavy atom. The van der Waals surface area contributed by atoms with Gasteiger partial charge in [-0.05, 0) is 60.9 Å². The summed E-state index contributed by atoms with van der Waals surface area (Å²) in [4.78, 5) is 18.8. The molecule has 0 radical (unpaired) electrons. The van der Waals surface area contributed by atoms with Gasteiger partial charge in [0.15, 0.2) is 5.82 Å². The van der Waals surface area contributed by atoms with Gasteiger partial charge in [0, 0.05) is 24.3 Å². The smallest absolute Gasteiger partial charge is 0.251 e. The van der Waals surface area contributed by atoms with Gasteiger partial charge in [-0.2, -0.15) is 4.52 Å². The predicted octanol–water partition coefficient (Wildman–Crippen LogP) is 1.71. The summed E-state index contributed by atoms with van der Waals surface area (Å²) >= 11 is 0. The number of anilines is 2. The van der Waals surface area contributed by atoms with Gasteiger partial charge in [0.05, 0.1) is 11.0 Å². The SMILES string of the molecule is CN(C)CCNC(=O)c1ccc(Nc2nc3ccccc3n3nnnc23)cc1. The average molecular weight is 376 g/mol.